The predicted octanol–water partition coefficient (Wildman–Crippen LogP) is 7.14. The van der Waals surface area contributed by atoms with Crippen LogP contribution in [0.25, 0.3) is 0 Å². The van der Waals surface area contributed by atoms with Gasteiger partial charge >= 0.3 is 6.18 Å². The number of halogens is 9. The number of hydrogen-bond acceptors (Lipinski definition) is 3. The van der Waals surface area contributed by atoms with Gasteiger partial charge in [-0.3, -0.25) is 9.59 Å². The monoisotopic (exact) mass is 595 g/mol. The molecule has 0 radical (unpaired) electrons. The van der Waals surface area contributed by atoms with E-state index in [0.717, 1.165) is 24.3 Å². The Kier molecular flexibility index (Phi) is 7.24. The summed E-state index contributed by atoms with van der Waals surface area (Å²) in [4.78, 5) is 25.6. The topological polar surface area (TPSA) is 84.2 Å². The third-order valence-electron chi connectivity index (χ3n) is 5.84. The molecule has 0 heterocycles. The number of benzene rings is 3. The Balaban J connectivity index is 1.53. The molecule has 0 unspecified atom stereocenters. The molecule has 1 aliphatic carbocycles. The van der Waals surface area contributed by atoms with Crippen LogP contribution in [-0.4, -0.2) is 16.1 Å². The number of carbonyl (C=O) groups is 2. The van der Waals surface area contributed by atoms with Crippen molar-refractivity contribution in [2.75, 3.05) is 16.4 Å². The summed E-state index contributed by atoms with van der Waals surface area (Å²) >= 11 is 18.4. The van der Waals surface area contributed by atoms with Crippen LogP contribution in [0.5, 0.6) is 0 Å². The van der Waals surface area contributed by atoms with Crippen LogP contribution in [0.4, 0.5) is 43.4 Å². The fraction of sp³-hybridized carbons (Fsp3) is 0.167. The molecular formula is C24H14Cl3F6N3O2. The van der Waals surface area contributed by atoms with Crippen LogP contribution >= 0.6 is 34.8 Å². The van der Waals surface area contributed by atoms with Gasteiger partial charge in [-0.15, -0.1) is 23.2 Å². The maximum absolute atomic E-state index is 14.2. The van der Waals surface area contributed by atoms with E-state index in [-0.39, 0.29) is 21.8 Å². The molecule has 4 N–H and O–H groups in total. The highest BCUT2D eigenvalue weighted by Crippen LogP contribution is 2.65. The lowest BCUT2D eigenvalue weighted by atomic mass is 10.0. The zero-order valence-corrected chi connectivity index (χ0v) is 20.8. The fourth-order valence-electron chi connectivity index (χ4n) is 3.87. The second-order valence-corrected chi connectivity index (χ2v) is 10.2. The normalized spacial score (nSPS) is 18.1. The van der Waals surface area contributed by atoms with E-state index in [4.69, 9.17) is 40.5 Å². The Labute approximate surface area is 225 Å². The maximum Gasteiger partial charge on any atom is 0.419 e. The molecule has 200 valence electrons. The standard InChI is InChI=1S/C24H14Cl3F6N3O2/c25-13-3-2-10(8-11(13)21(37)36-16-6-5-15(29)20(34)19(16)30)35-22(38)18-17(23(18,26)27)9-1-4-14(28)12(7-9)24(31,32)33/h1-8,17-18H,34H2,(H,35,38)(H,36,37)/t17-,18+/m1/s1. The third-order valence-corrected chi connectivity index (χ3v) is 7.11. The Morgan fingerprint density at radius 3 is 2.24 bits per heavy atom. The van der Waals surface area contributed by atoms with Gasteiger partial charge in [-0.05, 0) is 48.0 Å². The Morgan fingerprint density at radius 2 is 1.58 bits per heavy atom. The van der Waals surface area contributed by atoms with E-state index in [1.54, 1.807) is 0 Å². The summed E-state index contributed by atoms with van der Waals surface area (Å²) in [5, 5.41) is 4.55. The summed E-state index contributed by atoms with van der Waals surface area (Å²) in [6.07, 6.45) is -4.98. The molecule has 0 bridgehead atoms. The first kappa shape index (κ1) is 27.9. The van der Waals surface area contributed by atoms with Crippen molar-refractivity contribution in [3.05, 3.63) is 87.7 Å². The molecule has 14 heteroatoms. The Bertz CT molecular complexity index is 1470. The molecule has 2 amide bonds. The van der Waals surface area contributed by atoms with E-state index in [1.165, 1.54) is 12.1 Å². The van der Waals surface area contributed by atoms with Gasteiger partial charge in [0.2, 0.25) is 5.91 Å². The molecular weight excluding hydrogens is 583 g/mol. The molecule has 1 saturated carbocycles. The van der Waals surface area contributed by atoms with E-state index in [1.807, 2.05) is 0 Å². The molecule has 3 aromatic carbocycles. The average Bonchev–Trinajstić information content (AvgIpc) is 3.42. The van der Waals surface area contributed by atoms with Crippen molar-refractivity contribution in [2.45, 2.75) is 16.4 Å². The zero-order chi connectivity index (χ0) is 28.2. The van der Waals surface area contributed by atoms with Crippen molar-refractivity contribution >= 4 is 63.7 Å². The number of carbonyl (C=O) groups excluding carboxylic acids is 2. The van der Waals surface area contributed by atoms with Crippen LogP contribution in [-0.2, 0) is 11.0 Å². The van der Waals surface area contributed by atoms with Gasteiger partial charge in [0.15, 0.2) is 5.82 Å². The fourth-order valence-corrected chi connectivity index (χ4v) is 4.91. The molecule has 2 atom stereocenters. The van der Waals surface area contributed by atoms with E-state index in [2.05, 4.69) is 10.6 Å². The summed E-state index contributed by atoms with van der Waals surface area (Å²) < 4.78 is 78.8. The van der Waals surface area contributed by atoms with Crippen molar-refractivity contribution in [1.82, 2.24) is 0 Å². The summed E-state index contributed by atoms with van der Waals surface area (Å²) in [7, 11) is 0. The highest BCUT2D eigenvalue weighted by atomic mass is 35.5. The number of nitrogens with two attached hydrogens (primary N) is 1. The SMILES string of the molecule is Nc1c(F)ccc(NC(=O)c2cc(NC(=O)[C@@H]3[C@@H](c4ccc(F)c(C(F)(F)F)c4)C3(Cl)Cl)ccc2Cl)c1F. The molecule has 4 rings (SSSR count). The maximum atomic E-state index is 14.2. The average molecular weight is 597 g/mol. The van der Waals surface area contributed by atoms with Crippen LogP contribution in [0.15, 0.2) is 48.5 Å². The molecule has 5 nitrogen and oxygen atoms in total. The van der Waals surface area contributed by atoms with Crippen LogP contribution < -0.4 is 16.4 Å². The number of nitrogens with one attached hydrogen (secondary N) is 2. The van der Waals surface area contributed by atoms with Gasteiger partial charge in [0.25, 0.3) is 5.91 Å². The lowest BCUT2D eigenvalue weighted by Crippen LogP contribution is -2.18. The van der Waals surface area contributed by atoms with Gasteiger partial charge in [-0.25, -0.2) is 13.2 Å². The third kappa shape index (κ3) is 5.23. The lowest BCUT2D eigenvalue weighted by Gasteiger charge is -2.12. The minimum absolute atomic E-state index is 0.0218. The largest absolute Gasteiger partial charge is 0.419 e. The van der Waals surface area contributed by atoms with Crippen molar-refractivity contribution in [3.8, 4) is 0 Å². The molecule has 1 fully saturated rings. The van der Waals surface area contributed by atoms with E-state index < -0.39 is 68.5 Å². The molecule has 0 aromatic heterocycles. The quantitative estimate of drug-likeness (QED) is 0.166. The molecule has 1 aliphatic rings. The number of rotatable bonds is 5. The van der Waals surface area contributed by atoms with Gasteiger partial charge in [-0.1, -0.05) is 17.7 Å². The second-order valence-electron chi connectivity index (χ2n) is 8.33. The first-order chi connectivity index (χ1) is 17.6. The zero-order valence-electron chi connectivity index (χ0n) is 18.6. The number of anilines is 3. The van der Waals surface area contributed by atoms with Crippen LogP contribution in [0.3, 0.4) is 0 Å². The molecule has 38 heavy (non-hydrogen) atoms. The highest BCUT2D eigenvalue weighted by Gasteiger charge is 2.67. The summed E-state index contributed by atoms with van der Waals surface area (Å²) in [6, 6.07) is 7.70. The van der Waals surface area contributed by atoms with E-state index in [0.29, 0.717) is 12.1 Å². The smallest absolute Gasteiger partial charge is 0.394 e. The van der Waals surface area contributed by atoms with Gasteiger partial charge < -0.3 is 16.4 Å². The van der Waals surface area contributed by atoms with E-state index >= 15 is 0 Å². The van der Waals surface area contributed by atoms with Gasteiger partial charge in [0, 0.05) is 11.6 Å². The van der Waals surface area contributed by atoms with Crippen molar-refractivity contribution in [3.63, 3.8) is 0 Å². The molecule has 0 saturated heterocycles. The summed E-state index contributed by atoms with van der Waals surface area (Å²) in [6.45, 7) is 0. The molecule has 3 aromatic rings. The highest BCUT2D eigenvalue weighted by molar-refractivity contribution is 6.53. The minimum Gasteiger partial charge on any atom is -0.394 e. The Morgan fingerprint density at radius 1 is 0.921 bits per heavy atom. The number of amides is 2. The minimum atomic E-state index is -4.98. The predicted molar refractivity (Wildman–Crippen MR) is 131 cm³/mol. The van der Waals surface area contributed by atoms with Crippen LogP contribution in [0.1, 0.15) is 27.4 Å². The van der Waals surface area contributed by atoms with Gasteiger partial charge in [0.1, 0.15) is 21.7 Å². The van der Waals surface area contributed by atoms with Gasteiger partial charge in [-0.2, -0.15) is 13.2 Å². The molecule has 0 aliphatic heterocycles. The number of hydrogen-bond donors (Lipinski definition) is 3. The lowest BCUT2D eigenvalue weighted by molar-refractivity contribution is -0.140. The number of alkyl halides is 5. The second kappa shape index (κ2) is 9.87. The van der Waals surface area contributed by atoms with E-state index in [9.17, 15) is 35.9 Å². The van der Waals surface area contributed by atoms with Crippen molar-refractivity contribution < 1.29 is 35.9 Å². The Hall–Kier alpha value is -3.15. The van der Waals surface area contributed by atoms with Gasteiger partial charge in [0.05, 0.1) is 27.8 Å². The first-order valence-electron chi connectivity index (χ1n) is 10.5. The van der Waals surface area contributed by atoms with Crippen LogP contribution in [0.2, 0.25) is 5.02 Å². The molecule has 0 spiro atoms. The van der Waals surface area contributed by atoms with Crippen molar-refractivity contribution in [1.29, 1.82) is 0 Å². The number of nitrogen functional groups attached to an aromatic ring is 1. The van der Waals surface area contributed by atoms with Crippen LogP contribution in [0, 0.1) is 23.4 Å². The first-order valence-corrected chi connectivity index (χ1v) is 11.7. The summed E-state index contributed by atoms with van der Waals surface area (Å²) in [5.74, 6) is -7.75. The van der Waals surface area contributed by atoms with Crippen molar-refractivity contribution in [2.24, 2.45) is 5.92 Å². The summed E-state index contributed by atoms with van der Waals surface area (Å²) in [5.41, 5.74) is 2.24.